The number of rotatable bonds is 9. The maximum atomic E-state index is 12.3. The summed E-state index contributed by atoms with van der Waals surface area (Å²) in [6.07, 6.45) is 2.42. The minimum Gasteiger partial charge on any atom is -0.481 e. The van der Waals surface area contributed by atoms with Gasteiger partial charge >= 0.3 is 12.1 Å². The first kappa shape index (κ1) is 23.9. The van der Waals surface area contributed by atoms with Crippen molar-refractivity contribution in [3.63, 3.8) is 0 Å². The zero-order valence-electron chi connectivity index (χ0n) is 19.2. The van der Waals surface area contributed by atoms with E-state index in [0.717, 1.165) is 22.3 Å². The molecular weight excluding hydrogens is 448 g/mol. The summed E-state index contributed by atoms with van der Waals surface area (Å²) in [5.74, 6) is -1.15. The summed E-state index contributed by atoms with van der Waals surface area (Å²) in [6.45, 7) is 2.03. The molecule has 9 nitrogen and oxygen atoms in total. The lowest BCUT2D eigenvalue weighted by Crippen LogP contribution is -2.36. The van der Waals surface area contributed by atoms with Crippen LogP contribution in [0.1, 0.15) is 53.0 Å². The standard InChI is InChI=1S/C26H26N4O5/c1-2-17(11-24(31)32)30-25(33)16-12-27-23(28-13-16)14-29-26(34)35-15-22-20-9-5-3-7-18(20)19-8-4-6-10-21(19)22/h3-10,12-13,17,22H,2,11,14-15H2,1H3,(H,29,34)(H,30,33)(H,31,32)/t17-/m1/s1. The number of ether oxygens (including phenoxy) is 1. The SMILES string of the molecule is CC[C@H](CC(=O)O)NC(=O)c1cnc(CNC(=O)OCC2c3ccccc3-c3ccccc32)nc1. The lowest BCUT2D eigenvalue weighted by atomic mass is 9.98. The Kier molecular flexibility index (Phi) is 7.35. The second kappa shape index (κ2) is 10.8. The van der Waals surface area contributed by atoms with Crippen molar-refractivity contribution in [2.75, 3.05) is 6.61 Å². The molecule has 2 aromatic carbocycles. The highest BCUT2D eigenvalue weighted by Gasteiger charge is 2.29. The molecule has 0 aliphatic heterocycles. The van der Waals surface area contributed by atoms with E-state index in [0.29, 0.717) is 12.2 Å². The number of nitrogens with one attached hydrogen (secondary N) is 2. The van der Waals surface area contributed by atoms with E-state index in [1.165, 1.54) is 12.4 Å². The molecule has 1 aliphatic rings. The van der Waals surface area contributed by atoms with Crippen LogP contribution in [-0.2, 0) is 16.1 Å². The highest BCUT2D eigenvalue weighted by Crippen LogP contribution is 2.44. The number of nitrogens with zero attached hydrogens (tertiary/aromatic N) is 2. The fourth-order valence-corrected chi connectivity index (χ4v) is 4.14. The number of aliphatic carboxylic acids is 1. The fourth-order valence-electron chi connectivity index (χ4n) is 4.14. The number of alkyl carbamates (subject to hydrolysis) is 1. The molecule has 0 saturated heterocycles. The Bertz CT molecular complexity index is 1180. The minimum absolute atomic E-state index is 0.0322. The van der Waals surface area contributed by atoms with Crippen molar-refractivity contribution in [1.82, 2.24) is 20.6 Å². The molecule has 4 rings (SSSR count). The van der Waals surface area contributed by atoms with Crippen LogP contribution in [0.2, 0.25) is 0 Å². The van der Waals surface area contributed by atoms with Gasteiger partial charge in [-0.2, -0.15) is 0 Å². The van der Waals surface area contributed by atoms with E-state index >= 15 is 0 Å². The van der Waals surface area contributed by atoms with Crippen LogP contribution in [-0.4, -0.2) is 45.7 Å². The van der Waals surface area contributed by atoms with Crippen molar-refractivity contribution in [1.29, 1.82) is 0 Å². The van der Waals surface area contributed by atoms with E-state index in [9.17, 15) is 14.4 Å². The number of aromatic nitrogens is 2. The number of carboxylic acid groups (broad SMARTS) is 1. The molecule has 1 aliphatic carbocycles. The average Bonchev–Trinajstić information content (AvgIpc) is 3.19. The van der Waals surface area contributed by atoms with Gasteiger partial charge in [-0.15, -0.1) is 0 Å². The van der Waals surface area contributed by atoms with Crippen molar-refractivity contribution in [2.45, 2.75) is 38.3 Å². The smallest absolute Gasteiger partial charge is 0.407 e. The van der Waals surface area contributed by atoms with Crippen LogP contribution in [0.3, 0.4) is 0 Å². The van der Waals surface area contributed by atoms with Crippen LogP contribution >= 0.6 is 0 Å². The average molecular weight is 475 g/mol. The van der Waals surface area contributed by atoms with Gasteiger partial charge in [-0.1, -0.05) is 55.5 Å². The molecule has 3 N–H and O–H groups in total. The molecule has 0 spiro atoms. The molecule has 35 heavy (non-hydrogen) atoms. The van der Waals surface area contributed by atoms with Gasteiger partial charge in [0.25, 0.3) is 5.91 Å². The first-order valence-corrected chi connectivity index (χ1v) is 11.4. The van der Waals surface area contributed by atoms with Crippen LogP contribution in [0.4, 0.5) is 4.79 Å². The number of benzene rings is 2. The lowest BCUT2D eigenvalue weighted by Gasteiger charge is -2.15. The van der Waals surface area contributed by atoms with Gasteiger partial charge in [0.15, 0.2) is 0 Å². The second-order valence-electron chi connectivity index (χ2n) is 8.24. The highest BCUT2D eigenvalue weighted by molar-refractivity contribution is 5.94. The van der Waals surface area contributed by atoms with Crippen molar-refractivity contribution < 1.29 is 24.2 Å². The van der Waals surface area contributed by atoms with Gasteiger partial charge in [0.05, 0.1) is 18.5 Å². The molecule has 9 heteroatoms. The first-order valence-electron chi connectivity index (χ1n) is 11.4. The number of carboxylic acids is 1. The summed E-state index contributed by atoms with van der Waals surface area (Å²) in [5.41, 5.74) is 4.78. The van der Waals surface area contributed by atoms with Crippen LogP contribution in [0.25, 0.3) is 11.1 Å². The van der Waals surface area contributed by atoms with Crippen LogP contribution in [0.15, 0.2) is 60.9 Å². The molecule has 0 saturated carbocycles. The Morgan fingerprint density at radius 1 is 1.00 bits per heavy atom. The van der Waals surface area contributed by atoms with E-state index < -0.39 is 24.0 Å². The zero-order chi connectivity index (χ0) is 24.8. The topological polar surface area (TPSA) is 131 Å². The summed E-state index contributed by atoms with van der Waals surface area (Å²) in [5, 5.41) is 14.2. The Hall–Kier alpha value is -4.27. The largest absolute Gasteiger partial charge is 0.481 e. The molecule has 0 unspecified atom stereocenters. The Morgan fingerprint density at radius 3 is 2.17 bits per heavy atom. The van der Waals surface area contributed by atoms with Crippen molar-refractivity contribution in [2.24, 2.45) is 0 Å². The molecule has 3 aromatic rings. The van der Waals surface area contributed by atoms with Gasteiger partial charge < -0.3 is 20.5 Å². The first-order chi connectivity index (χ1) is 17.0. The lowest BCUT2D eigenvalue weighted by molar-refractivity contribution is -0.137. The normalized spacial score (nSPS) is 12.8. The summed E-state index contributed by atoms with van der Waals surface area (Å²) < 4.78 is 5.49. The van der Waals surface area contributed by atoms with Crippen LogP contribution in [0, 0.1) is 0 Å². The van der Waals surface area contributed by atoms with Crippen molar-refractivity contribution in [3.05, 3.63) is 83.4 Å². The maximum absolute atomic E-state index is 12.3. The summed E-state index contributed by atoms with van der Waals surface area (Å²) in [7, 11) is 0. The third kappa shape index (κ3) is 5.63. The molecule has 1 aromatic heterocycles. The van der Waals surface area contributed by atoms with Gasteiger partial charge in [0.2, 0.25) is 0 Å². The highest BCUT2D eigenvalue weighted by atomic mass is 16.5. The van der Waals surface area contributed by atoms with E-state index in [-0.39, 0.29) is 31.1 Å². The number of carbonyl (C=O) groups excluding carboxylic acids is 2. The molecule has 180 valence electrons. The number of hydrogen-bond acceptors (Lipinski definition) is 6. The zero-order valence-corrected chi connectivity index (χ0v) is 19.2. The third-order valence-electron chi connectivity index (χ3n) is 5.95. The molecule has 2 amide bonds. The number of carbonyl (C=O) groups is 3. The summed E-state index contributed by atoms with van der Waals surface area (Å²) >= 11 is 0. The van der Waals surface area contributed by atoms with Crippen LogP contribution in [0.5, 0.6) is 0 Å². The molecule has 0 fully saturated rings. The van der Waals surface area contributed by atoms with E-state index in [1.54, 1.807) is 6.92 Å². The predicted molar refractivity (Wildman–Crippen MR) is 128 cm³/mol. The summed E-state index contributed by atoms with van der Waals surface area (Å²) in [6, 6.07) is 15.7. The van der Waals surface area contributed by atoms with Crippen molar-refractivity contribution >= 4 is 18.0 Å². The molecular formula is C26H26N4O5. The number of amides is 2. The number of hydrogen-bond donors (Lipinski definition) is 3. The molecule has 1 atom stereocenters. The van der Waals surface area contributed by atoms with Gasteiger partial charge in [-0.05, 0) is 28.7 Å². The Morgan fingerprint density at radius 2 is 1.60 bits per heavy atom. The molecule has 0 radical (unpaired) electrons. The van der Waals surface area contributed by atoms with Gasteiger partial charge in [0, 0.05) is 24.4 Å². The Labute approximate surface area is 202 Å². The van der Waals surface area contributed by atoms with Gasteiger partial charge in [-0.25, -0.2) is 14.8 Å². The number of fused-ring (bicyclic) bond motifs is 3. The molecule has 1 heterocycles. The van der Waals surface area contributed by atoms with Crippen LogP contribution < -0.4 is 10.6 Å². The Balaban J connectivity index is 1.29. The maximum Gasteiger partial charge on any atom is 0.407 e. The monoisotopic (exact) mass is 474 g/mol. The minimum atomic E-state index is -0.983. The summed E-state index contributed by atoms with van der Waals surface area (Å²) in [4.78, 5) is 43.7. The van der Waals surface area contributed by atoms with E-state index in [4.69, 9.17) is 9.84 Å². The molecule has 0 bridgehead atoms. The van der Waals surface area contributed by atoms with E-state index in [1.807, 2.05) is 24.3 Å². The van der Waals surface area contributed by atoms with E-state index in [2.05, 4.69) is 44.9 Å². The van der Waals surface area contributed by atoms with Gasteiger partial charge in [-0.3, -0.25) is 9.59 Å². The predicted octanol–water partition coefficient (Wildman–Crippen LogP) is 3.50. The van der Waals surface area contributed by atoms with Crippen molar-refractivity contribution in [3.8, 4) is 11.1 Å². The fraction of sp³-hybridized carbons (Fsp3) is 0.269. The quantitative estimate of drug-likeness (QED) is 0.433. The third-order valence-corrected chi connectivity index (χ3v) is 5.95. The second-order valence-corrected chi connectivity index (χ2v) is 8.24. The van der Waals surface area contributed by atoms with Gasteiger partial charge in [0.1, 0.15) is 12.4 Å².